The Hall–Kier alpha value is -2.69. The highest BCUT2D eigenvalue weighted by Crippen LogP contribution is 2.34. The predicted molar refractivity (Wildman–Crippen MR) is 154 cm³/mol. The number of fused-ring (bicyclic) bond motifs is 1. The minimum absolute atomic E-state index is 0.133. The fraction of sp³-hybridized carbons (Fsp3) is 0.581. The lowest BCUT2D eigenvalue weighted by Crippen LogP contribution is -2.24. The molecule has 1 aromatic heterocycles. The second-order valence-electron chi connectivity index (χ2n) is 10.0. The highest BCUT2D eigenvalue weighted by Gasteiger charge is 2.20. The largest absolute Gasteiger partial charge is 0.485 e. The lowest BCUT2D eigenvalue weighted by atomic mass is 10.1. The van der Waals surface area contributed by atoms with Crippen molar-refractivity contribution in [2.75, 3.05) is 18.9 Å². The van der Waals surface area contributed by atoms with Crippen LogP contribution in [0.3, 0.4) is 0 Å². The molecule has 0 spiro atoms. The lowest BCUT2D eigenvalue weighted by molar-refractivity contribution is 0.272. The molecule has 0 radical (unpaired) electrons. The number of aryl methyl sites for hydroxylation is 1. The zero-order valence-electron chi connectivity index (χ0n) is 23.3. The van der Waals surface area contributed by atoms with Crippen LogP contribution in [-0.4, -0.2) is 17.8 Å². The van der Waals surface area contributed by atoms with E-state index in [-0.39, 0.29) is 5.56 Å². The van der Waals surface area contributed by atoms with Crippen LogP contribution >= 0.6 is 0 Å². The van der Waals surface area contributed by atoms with Gasteiger partial charge < -0.3 is 19.8 Å². The van der Waals surface area contributed by atoms with Crippen molar-refractivity contribution in [3.8, 4) is 11.5 Å². The van der Waals surface area contributed by atoms with Crippen LogP contribution in [0.15, 0.2) is 46.3 Å². The second kappa shape index (κ2) is 16.1. The molecule has 0 atom stereocenters. The average Bonchev–Trinajstić information content (AvgIpc) is 2.84. The number of ether oxygens (including phenoxy) is 2. The minimum atomic E-state index is -0.133. The molecule has 0 amide bonds. The van der Waals surface area contributed by atoms with Crippen LogP contribution in [0.1, 0.15) is 98.8 Å². The number of hydrogen-bond donors (Lipinski definition) is 1. The minimum Gasteiger partial charge on any atom is -0.485 e. The molecule has 0 saturated carbocycles. The standard InChI is InChI=1S/C31H48N2O3/c1-6-8-10-11-12-13-21-35-30-29(36-22-19-25(5)16-14-15-24(3)4)27-18-17-26(32)23-28(27)33(31(30)34)20-9-7-2/h15,17-19,23H,6-14,16,20-22,32H2,1-5H3/b25-19+. The molecule has 0 aliphatic rings. The zero-order valence-corrected chi connectivity index (χ0v) is 23.3. The van der Waals surface area contributed by atoms with E-state index in [1.54, 1.807) is 4.57 Å². The Morgan fingerprint density at radius 1 is 0.917 bits per heavy atom. The number of nitrogens with two attached hydrogens (primary N) is 1. The maximum Gasteiger partial charge on any atom is 0.297 e. The summed E-state index contributed by atoms with van der Waals surface area (Å²) in [5, 5.41) is 0.869. The smallest absolute Gasteiger partial charge is 0.297 e. The fourth-order valence-corrected chi connectivity index (χ4v) is 4.24. The van der Waals surface area contributed by atoms with E-state index in [1.807, 2.05) is 18.2 Å². The van der Waals surface area contributed by atoms with Crippen LogP contribution in [-0.2, 0) is 6.54 Å². The average molecular weight is 497 g/mol. The summed E-state index contributed by atoms with van der Waals surface area (Å²) >= 11 is 0. The fourth-order valence-electron chi connectivity index (χ4n) is 4.24. The molecule has 2 aromatic rings. The Morgan fingerprint density at radius 3 is 2.36 bits per heavy atom. The van der Waals surface area contributed by atoms with Crippen molar-refractivity contribution in [3.05, 3.63) is 51.9 Å². The van der Waals surface area contributed by atoms with Crippen molar-refractivity contribution in [1.29, 1.82) is 0 Å². The van der Waals surface area contributed by atoms with Gasteiger partial charge in [0, 0.05) is 17.6 Å². The summed E-state index contributed by atoms with van der Waals surface area (Å²) < 4.78 is 14.2. The Bertz CT molecular complexity index is 1060. The molecule has 1 aromatic carbocycles. The molecule has 0 aliphatic carbocycles. The topological polar surface area (TPSA) is 66.5 Å². The summed E-state index contributed by atoms with van der Waals surface area (Å²) in [6.07, 6.45) is 15.3. The van der Waals surface area contributed by atoms with Gasteiger partial charge in [-0.2, -0.15) is 0 Å². The van der Waals surface area contributed by atoms with Gasteiger partial charge in [0.05, 0.1) is 12.1 Å². The van der Waals surface area contributed by atoms with Crippen molar-refractivity contribution in [2.45, 2.75) is 105 Å². The van der Waals surface area contributed by atoms with Gasteiger partial charge in [0.25, 0.3) is 5.56 Å². The van der Waals surface area contributed by atoms with Crippen LogP contribution in [0.25, 0.3) is 10.9 Å². The number of aromatic nitrogens is 1. The highest BCUT2D eigenvalue weighted by atomic mass is 16.5. The lowest BCUT2D eigenvalue weighted by Gasteiger charge is -2.19. The molecular formula is C31H48N2O3. The number of nitrogen functional groups attached to an aromatic ring is 1. The monoisotopic (exact) mass is 496 g/mol. The summed E-state index contributed by atoms with van der Waals surface area (Å²) in [6, 6.07) is 5.68. The SMILES string of the molecule is CCCCCCCCOc1c(OC/C=C(\C)CCC=C(C)C)c2ccc(N)cc2n(CCCC)c1=O. The van der Waals surface area contributed by atoms with E-state index in [1.165, 1.54) is 36.8 Å². The number of anilines is 1. The van der Waals surface area contributed by atoms with Gasteiger partial charge in [0.1, 0.15) is 6.61 Å². The Kier molecular flexibility index (Phi) is 13.2. The van der Waals surface area contributed by atoms with Crippen molar-refractivity contribution in [3.63, 3.8) is 0 Å². The first-order valence-electron chi connectivity index (χ1n) is 13.9. The first-order valence-corrected chi connectivity index (χ1v) is 13.9. The summed E-state index contributed by atoms with van der Waals surface area (Å²) in [6.45, 7) is 12.3. The number of rotatable bonds is 17. The molecule has 0 saturated heterocycles. The van der Waals surface area contributed by atoms with Crippen LogP contribution in [0.2, 0.25) is 0 Å². The third-order valence-corrected chi connectivity index (χ3v) is 6.43. The predicted octanol–water partition coefficient (Wildman–Crippen LogP) is 8.19. The number of pyridine rings is 1. The van der Waals surface area contributed by atoms with Crippen molar-refractivity contribution >= 4 is 16.6 Å². The molecule has 5 heteroatoms. The number of unbranched alkanes of at least 4 members (excludes halogenated alkanes) is 6. The maximum absolute atomic E-state index is 13.6. The van der Waals surface area contributed by atoms with Gasteiger partial charge >= 0.3 is 0 Å². The molecule has 36 heavy (non-hydrogen) atoms. The quantitative estimate of drug-likeness (QED) is 0.136. The van der Waals surface area contributed by atoms with Gasteiger partial charge in [-0.25, -0.2) is 0 Å². The summed E-state index contributed by atoms with van der Waals surface area (Å²) in [5.74, 6) is 0.856. The van der Waals surface area contributed by atoms with E-state index in [0.29, 0.717) is 36.9 Å². The summed E-state index contributed by atoms with van der Waals surface area (Å²) in [5.41, 5.74) is 10.0. The molecule has 0 unspecified atom stereocenters. The number of allylic oxidation sites excluding steroid dienone is 3. The van der Waals surface area contributed by atoms with Crippen molar-refractivity contribution < 1.29 is 9.47 Å². The van der Waals surface area contributed by atoms with Crippen molar-refractivity contribution in [2.24, 2.45) is 0 Å². The van der Waals surface area contributed by atoms with E-state index in [4.69, 9.17) is 15.2 Å². The van der Waals surface area contributed by atoms with Crippen LogP contribution in [0.4, 0.5) is 5.69 Å². The third kappa shape index (κ3) is 9.40. The molecule has 0 fully saturated rings. The van der Waals surface area contributed by atoms with Gasteiger partial charge in [0.2, 0.25) is 5.75 Å². The van der Waals surface area contributed by atoms with Gasteiger partial charge in [-0.1, -0.05) is 69.6 Å². The second-order valence-corrected chi connectivity index (χ2v) is 10.0. The number of benzene rings is 1. The molecule has 1 heterocycles. The molecule has 0 aliphatic heterocycles. The van der Waals surface area contributed by atoms with Gasteiger partial charge in [-0.15, -0.1) is 0 Å². The van der Waals surface area contributed by atoms with Crippen LogP contribution in [0, 0.1) is 0 Å². The van der Waals surface area contributed by atoms with Crippen LogP contribution in [0.5, 0.6) is 11.5 Å². The first-order chi connectivity index (χ1) is 17.4. The Balaban J connectivity index is 2.32. The Labute approximate surface area is 218 Å². The van der Waals surface area contributed by atoms with E-state index in [2.05, 4.69) is 46.8 Å². The highest BCUT2D eigenvalue weighted by molar-refractivity contribution is 5.90. The van der Waals surface area contributed by atoms with E-state index < -0.39 is 0 Å². The molecule has 0 bridgehead atoms. The first kappa shape index (κ1) is 29.5. The summed E-state index contributed by atoms with van der Waals surface area (Å²) in [4.78, 5) is 13.6. The Morgan fingerprint density at radius 2 is 1.64 bits per heavy atom. The van der Waals surface area contributed by atoms with Crippen LogP contribution < -0.4 is 20.8 Å². The van der Waals surface area contributed by atoms with Gasteiger partial charge in [0.15, 0.2) is 5.75 Å². The van der Waals surface area contributed by atoms with Crippen molar-refractivity contribution in [1.82, 2.24) is 4.57 Å². The number of hydrogen-bond acceptors (Lipinski definition) is 4. The zero-order chi connectivity index (χ0) is 26.3. The normalized spacial score (nSPS) is 11.6. The summed E-state index contributed by atoms with van der Waals surface area (Å²) in [7, 11) is 0. The molecular weight excluding hydrogens is 448 g/mol. The van der Waals surface area contributed by atoms with E-state index in [0.717, 1.165) is 49.4 Å². The molecule has 2 rings (SSSR count). The molecule has 200 valence electrons. The molecule has 5 nitrogen and oxygen atoms in total. The maximum atomic E-state index is 13.6. The van der Waals surface area contributed by atoms with E-state index >= 15 is 0 Å². The molecule has 2 N–H and O–H groups in total. The number of nitrogens with zero attached hydrogens (tertiary/aromatic N) is 1. The van der Waals surface area contributed by atoms with Gasteiger partial charge in [-0.3, -0.25) is 4.79 Å². The van der Waals surface area contributed by atoms with Gasteiger partial charge in [-0.05, 0) is 70.7 Å². The third-order valence-electron chi connectivity index (χ3n) is 6.43. The van der Waals surface area contributed by atoms with E-state index in [9.17, 15) is 4.79 Å².